The Kier molecular flexibility index (Phi) is 4.68. The van der Waals surface area contributed by atoms with Gasteiger partial charge in [-0.05, 0) is 19.4 Å². The molecule has 4 rings (SSSR count). The molecular formula is C21H27N3O3. The van der Waals surface area contributed by atoms with Gasteiger partial charge in [0, 0.05) is 42.4 Å². The normalized spacial score (nSPS) is 23.6. The molecule has 2 atom stereocenters. The molecule has 6 heteroatoms. The van der Waals surface area contributed by atoms with Crippen molar-refractivity contribution >= 4 is 5.82 Å². The molecule has 1 aromatic heterocycles. The van der Waals surface area contributed by atoms with Crippen molar-refractivity contribution in [2.24, 2.45) is 5.41 Å². The van der Waals surface area contributed by atoms with E-state index in [1.54, 1.807) is 7.11 Å². The van der Waals surface area contributed by atoms with Crippen LogP contribution in [0.2, 0.25) is 0 Å². The highest BCUT2D eigenvalue weighted by Crippen LogP contribution is 2.51. The van der Waals surface area contributed by atoms with Gasteiger partial charge < -0.3 is 19.5 Å². The van der Waals surface area contributed by atoms with Crippen molar-refractivity contribution in [1.82, 2.24) is 9.97 Å². The van der Waals surface area contributed by atoms with Gasteiger partial charge in [-0.2, -0.15) is 0 Å². The van der Waals surface area contributed by atoms with Crippen LogP contribution in [0.5, 0.6) is 11.5 Å². The minimum Gasteiger partial charge on any atom is -0.497 e. The number of aromatic nitrogens is 2. The van der Waals surface area contributed by atoms with Crippen LogP contribution in [0.15, 0.2) is 24.4 Å². The van der Waals surface area contributed by atoms with Gasteiger partial charge in [0.2, 0.25) is 0 Å². The van der Waals surface area contributed by atoms with Crippen molar-refractivity contribution < 1.29 is 14.6 Å². The van der Waals surface area contributed by atoms with Crippen LogP contribution in [0.25, 0.3) is 0 Å². The van der Waals surface area contributed by atoms with E-state index in [-0.39, 0.29) is 17.9 Å². The Bertz CT molecular complexity index is 841. The van der Waals surface area contributed by atoms with Gasteiger partial charge in [0.15, 0.2) is 0 Å². The zero-order chi connectivity index (χ0) is 19.0. The zero-order valence-electron chi connectivity index (χ0n) is 16.2. The molecule has 0 spiro atoms. The summed E-state index contributed by atoms with van der Waals surface area (Å²) in [6.07, 6.45) is 3.95. The second kappa shape index (κ2) is 7.00. The largest absolute Gasteiger partial charge is 0.497 e. The lowest BCUT2D eigenvalue weighted by molar-refractivity contribution is 0.0533. The average Bonchev–Trinajstić information content (AvgIpc) is 3.09. The Morgan fingerprint density at radius 3 is 3.00 bits per heavy atom. The summed E-state index contributed by atoms with van der Waals surface area (Å²) in [5.74, 6) is 3.62. The van der Waals surface area contributed by atoms with Crippen molar-refractivity contribution in [3.05, 3.63) is 41.3 Å². The maximum Gasteiger partial charge on any atom is 0.135 e. The van der Waals surface area contributed by atoms with E-state index in [1.165, 1.54) is 5.56 Å². The molecule has 0 bridgehead atoms. The van der Waals surface area contributed by atoms with Crippen LogP contribution >= 0.6 is 0 Å². The fourth-order valence-electron chi connectivity index (χ4n) is 4.39. The highest BCUT2D eigenvalue weighted by molar-refractivity contribution is 5.53. The van der Waals surface area contributed by atoms with E-state index in [0.717, 1.165) is 54.6 Å². The quantitative estimate of drug-likeness (QED) is 0.874. The fraction of sp³-hybridized carbons (Fsp3) is 0.524. The van der Waals surface area contributed by atoms with Crippen LogP contribution in [0.1, 0.15) is 36.2 Å². The monoisotopic (exact) mass is 369 g/mol. The molecular weight excluding hydrogens is 342 g/mol. The lowest BCUT2D eigenvalue weighted by atomic mass is 9.74. The summed E-state index contributed by atoms with van der Waals surface area (Å²) in [5.41, 5.74) is 2.00. The number of fused-ring (bicyclic) bond motifs is 3. The van der Waals surface area contributed by atoms with Gasteiger partial charge in [0.1, 0.15) is 23.1 Å². The number of benzene rings is 1. The number of hydrogen-bond acceptors (Lipinski definition) is 6. The highest BCUT2D eigenvalue weighted by Gasteiger charge is 2.51. The first kappa shape index (κ1) is 18.0. The Morgan fingerprint density at radius 2 is 2.26 bits per heavy atom. The molecule has 0 aliphatic carbocycles. The third-order valence-electron chi connectivity index (χ3n) is 5.86. The van der Waals surface area contributed by atoms with Crippen LogP contribution < -0.4 is 14.4 Å². The molecule has 2 aromatic rings. The number of anilines is 1. The Balaban J connectivity index is 1.72. The number of aliphatic hydroxyl groups excluding tert-OH is 1. The molecule has 3 heterocycles. The van der Waals surface area contributed by atoms with Gasteiger partial charge >= 0.3 is 0 Å². The SMILES string of the molecule is CCCc1cnc(C)nc1N1C[C@@H]2c3ccc(OC)cc3OC[C@]2(CO)C1. The van der Waals surface area contributed by atoms with E-state index < -0.39 is 0 Å². The third kappa shape index (κ3) is 3.02. The van der Waals surface area contributed by atoms with Gasteiger partial charge in [0.05, 0.1) is 25.7 Å². The van der Waals surface area contributed by atoms with E-state index in [0.29, 0.717) is 6.61 Å². The molecule has 2 aliphatic rings. The maximum absolute atomic E-state index is 10.3. The van der Waals surface area contributed by atoms with Crippen molar-refractivity contribution in [2.45, 2.75) is 32.6 Å². The van der Waals surface area contributed by atoms with Crippen molar-refractivity contribution in [2.75, 3.05) is 38.3 Å². The number of methoxy groups -OCH3 is 1. The number of nitrogens with zero attached hydrogens (tertiary/aromatic N) is 3. The van der Waals surface area contributed by atoms with Gasteiger partial charge in [-0.3, -0.25) is 0 Å². The van der Waals surface area contributed by atoms with Crippen LogP contribution in [-0.4, -0.2) is 48.5 Å². The first-order valence-corrected chi connectivity index (χ1v) is 9.59. The number of ether oxygens (including phenoxy) is 2. The second-order valence-electron chi connectivity index (χ2n) is 7.66. The zero-order valence-corrected chi connectivity index (χ0v) is 16.2. The first-order valence-electron chi connectivity index (χ1n) is 9.59. The van der Waals surface area contributed by atoms with Gasteiger partial charge in [0.25, 0.3) is 0 Å². The van der Waals surface area contributed by atoms with Gasteiger partial charge in [-0.15, -0.1) is 0 Å². The molecule has 1 fully saturated rings. The molecule has 1 saturated heterocycles. The Morgan fingerprint density at radius 1 is 1.41 bits per heavy atom. The molecule has 27 heavy (non-hydrogen) atoms. The smallest absolute Gasteiger partial charge is 0.135 e. The summed E-state index contributed by atoms with van der Waals surface area (Å²) in [6, 6.07) is 5.98. The topological polar surface area (TPSA) is 67.7 Å². The first-order chi connectivity index (χ1) is 13.1. The summed E-state index contributed by atoms with van der Waals surface area (Å²) < 4.78 is 11.4. The van der Waals surface area contributed by atoms with Crippen molar-refractivity contribution in [3.63, 3.8) is 0 Å². The van der Waals surface area contributed by atoms with Crippen LogP contribution in [0.3, 0.4) is 0 Å². The highest BCUT2D eigenvalue weighted by atomic mass is 16.5. The maximum atomic E-state index is 10.3. The lowest BCUT2D eigenvalue weighted by Gasteiger charge is -2.37. The van der Waals surface area contributed by atoms with Crippen LogP contribution in [0.4, 0.5) is 5.82 Å². The van der Waals surface area contributed by atoms with Crippen LogP contribution in [-0.2, 0) is 6.42 Å². The van der Waals surface area contributed by atoms with E-state index in [9.17, 15) is 5.11 Å². The summed E-state index contributed by atoms with van der Waals surface area (Å²) in [7, 11) is 1.66. The molecule has 1 N–H and O–H groups in total. The predicted octanol–water partition coefficient (Wildman–Crippen LogP) is 2.72. The molecule has 6 nitrogen and oxygen atoms in total. The number of aliphatic hydroxyl groups is 1. The molecule has 0 saturated carbocycles. The van der Waals surface area contributed by atoms with Gasteiger partial charge in [-0.25, -0.2) is 9.97 Å². The lowest BCUT2D eigenvalue weighted by Crippen LogP contribution is -2.42. The van der Waals surface area contributed by atoms with E-state index >= 15 is 0 Å². The molecule has 2 aliphatic heterocycles. The van der Waals surface area contributed by atoms with Crippen molar-refractivity contribution in [1.29, 1.82) is 0 Å². The van der Waals surface area contributed by atoms with E-state index in [1.807, 2.05) is 25.3 Å². The fourth-order valence-corrected chi connectivity index (χ4v) is 4.39. The summed E-state index contributed by atoms with van der Waals surface area (Å²) in [6.45, 7) is 6.23. The standard InChI is InChI=1S/C21H27N3O3/c1-4-5-15-9-22-14(2)23-20(15)24-10-18-17-7-6-16(26-3)8-19(17)27-13-21(18,11-24)12-25/h6-9,18,25H,4-5,10-13H2,1-3H3/t18-,21-/m1/s1. The molecule has 1 aromatic carbocycles. The number of hydrogen-bond donors (Lipinski definition) is 1. The van der Waals surface area contributed by atoms with E-state index in [2.05, 4.69) is 22.9 Å². The number of rotatable bonds is 5. The molecule has 0 radical (unpaired) electrons. The number of aryl methyl sites for hydroxylation is 2. The Labute approximate surface area is 160 Å². The van der Waals surface area contributed by atoms with Crippen molar-refractivity contribution in [3.8, 4) is 11.5 Å². The van der Waals surface area contributed by atoms with E-state index in [4.69, 9.17) is 14.5 Å². The molecule has 144 valence electrons. The minimum absolute atomic E-state index is 0.0901. The van der Waals surface area contributed by atoms with Gasteiger partial charge in [-0.1, -0.05) is 19.4 Å². The molecule has 0 unspecified atom stereocenters. The second-order valence-corrected chi connectivity index (χ2v) is 7.66. The Hall–Kier alpha value is -2.34. The summed E-state index contributed by atoms with van der Waals surface area (Å²) >= 11 is 0. The summed E-state index contributed by atoms with van der Waals surface area (Å²) in [5, 5.41) is 10.3. The minimum atomic E-state index is -0.316. The third-order valence-corrected chi connectivity index (χ3v) is 5.86. The summed E-state index contributed by atoms with van der Waals surface area (Å²) in [4.78, 5) is 11.4. The average molecular weight is 369 g/mol. The predicted molar refractivity (Wildman–Crippen MR) is 104 cm³/mol. The van der Waals surface area contributed by atoms with Crippen LogP contribution in [0, 0.1) is 12.3 Å². The molecule has 0 amide bonds.